The molecule has 0 aromatic heterocycles. The molecule has 0 aromatic rings. The van der Waals surface area contributed by atoms with Gasteiger partial charge in [0.1, 0.15) is 30.5 Å². The number of carbonyl (C=O) groups excluding carboxylic acids is 1. The summed E-state index contributed by atoms with van der Waals surface area (Å²) in [6.45, 7) is 3.73. The van der Waals surface area contributed by atoms with E-state index >= 15 is 0 Å². The molecule has 0 saturated carbocycles. The van der Waals surface area contributed by atoms with Crippen molar-refractivity contribution in [2.75, 3.05) is 26.4 Å². The maximum absolute atomic E-state index is 12.4. The summed E-state index contributed by atoms with van der Waals surface area (Å²) in [6.07, 6.45) is 18.9. The third kappa shape index (κ3) is 22.3. The quantitative estimate of drug-likeness (QED) is 0.0309. The Morgan fingerprint density at radius 1 is 0.792 bits per heavy atom. The highest BCUT2D eigenvalue weighted by molar-refractivity contribution is 7.80. The Balaban J connectivity index is 2.34. The predicted molar refractivity (Wildman–Crippen MR) is 184 cm³/mol. The highest BCUT2D eigenvalue weighted by Gasteiger charge is 2.48. The van der Waals surface area contributed by atoms with Crippen molar-refractivity contribution in [1.29, 1.82) is 0 Å². The average molecular weight is 709 g/mol. The first-order valence-corrected chi connectivity index (χ1v) is 19.5. The molecule has 4 N–H and O–H groups in total. The van der Waals surface area contributed by atoms with Gasteiger partial charge in [-0.25, -0.2) is 4.18 Å². The van der Waals surface area contributed by atoms with Crippen molar-refractivity contribution in [2.45, 2.75) is 166 Å². The first kappa shape index (κ1) is 44.6. The van der Waals surface area contributed by atoms with E-state index in [1.54, 1.807) is 0 Å². The minimum Gasteiger partial charge on any atom is -0.457 e. The smallest absolute Gasteiger partial charge is 0.397 e. The number of hydrogen-bond acceptors (Lipinski definition) is 11. The van der Waals surface area contributed by atoms with Gasteiger partial charge in [0.15, 0.2) is 6.29 Å². The van der Waals surface area contributed by atoms with Crippen molar-refractivity contribution in [2.24, 2.45) is 0 Å². The van der Waals surface area contributed by atoms with Gasteiger partial charge in [0, 0.05) is 13.0 Å². The van der Waals surface area contributed by atoms with E-state index in [1.807, 2.05) is 6.92 Å². The standard InChI is InChI=1S/C35H64O12S/c1-3-5-7-8-9-10-11-12-13-14-15-16-17-18-19-20-21-23-25-43-27-29(45-31(37)24-22-6-4-2)28-44-35-33(39)34(47-48(40,41)42)32(38)30(26-36)46-35/h9-10,12-13,29-30,32-36,38-39H,3-8,11,14-28H2,1-2H3,(H,40,41,42)/b10-9-,13-12-. The van der Waals surface area contributed by atoms with Crippen LogP contribution in [0.15, 0.2) is 24.3 Å². The largest absolute Gasteiger partial charge is 0.457 e. The number of hydrogen-bond donors (Lipinski definition) is 4. The van der Waals surface area contributed by atoms with E-state index in [2.05, 4.69) is 35.4 Å². The highest BCUT2D eigenvalue weighted by atomic mass is 32.3. The van der Waals surface area contributed by atoms with E-state index in [9.17, 15) is 28.5 Å². The summed E-state index contributed by atoms with van der Waals surface area (Å²) in [4.78, 5) is 12.4. The van der Waals surface area contributed by atoms with Gasteiger partial charge in [-0.1, -0.05) is 102 Å². The van der Waals surface area contributed by atoms with Gasteiger partial charge < -0.3 is 34.3 Å². The molecule has 0 radical (unpaired) electrons. The lowest BCUT2D eigenvalue weighted by Gasteiger charge is -2.41. The van der Waals surface area contributed by atoms with Gasteiger partial charge in [-0.2, -0.15) is 8.42 Å². The Kier molecular flexibility index (Phi) is 26.3. The summed E-state index contributed by atoms with van der Waals surface area (Å²) in [5.74, 6) is -0.427. The fraction of sp³-hybridized carbons (Fsp3) is 0.857. The summed E-state index contributed by atoms with van der Waals surface area (Å²) in [6, 6.07) is 0. The zero-order chi connectivity index (χ0) is 35.5. The fourth-order valence-corrected chi connectivity index (χ4v) is 5.80. The maximum Gasteiger partial charge on any atom is 0.397 e. The molecule has 282 valence electrons. The Labute approximate surface area is 289 Å². The molecule has 1 aliphatic rings. The van der Waals surface area contributed by atoms with E-state index in [-0.39, 0.29) is 19.6 Å². The van der Waals surface area contributed by atoms with Crippen LogP contribution in [0.5, 0.6) is 0 Å². The van der Waals surface area contributed by atoms with Crippen molar-refractivity contribution in [3.05, 3.63) is 24.3 Å². The van der Waals surface area contributed by atoms with Gasteiger partial charge in [-0.15, -0.1) is 0 Å². The molecule has 48 heavy (non-hydrogen) atoms. The molecule has 0 amide bonds. The van der Waals surface area contributed by atoms with Crippen LogP contribution in [0.3, 0.4) is 0 Å². The van der Waals surface area contributed by atoms with Crippen LogP contribution in [0, 0.1) is 0 Å². The summed E-state index contributed by atoms with van der Waals surface area (Å²) >= 11 is 0. The number of unbranched alkanes of at least 4 members (excludes halogenated alkanes) is 13. The average Bonchev–Trinajstić information content (AvgIpc) is 3.04. The highest BCUT2D eigenvalue weighted by Crippen LogP contribution is 2.26. The lowest BCUT2D eigenvalue weighted by atomic mass is 9.99. The van der Waals surface area contributed by atoms with Crippen LogP contribution < -0.4 is 0 Å². The summed E-state index contributed by atoms with van der Waals surface area (Å²) in [5, 5.41) is 30.3. The number of allylic oxidation sites excluding steroid dienone is 4. The molecular weight excluding hydrogens is 644 g/mol. The first-order chi connectivity index (χ1) is 23.1. The summed E-state index contributed by atoms with van der Waals surface area (Å²) in [5.41, 5.74) is 0. The molecule has 1 fully saturated rings. The molecule has 0 bridgehead atoms. The molecular formula is C35H64O12S. The fourth-order valence-electron chi connectivity index (χ4n) is 5.29. The van der Waals surface area contributed by atoms with Crippen LogP contribution in [0.4, 0.5) is 0 Å². The lowest BCUT2D eigenvalue weighted by molar-refractivity contribution is -0.301. The van der Waals surface area contributed by atoms with Gasteiger partial charge in [0.05, 0.1) is 19.8 Å². The van der Waals surface area contributed by atoms with Crippen LogP contribution in [-0.2, 0) is 38.3 Å². The Morgan fingerprint density at radius 3 is 1.98 bits per heavy atom. The molecule has 1 rings (SSSR count). The van der Waals surface area contributed by atoms with Crippen LogP contribution in [0.1, 0.15) is 129 Å². The Morgan fingerprint density at radius 2 is 1.38 bits per heavy atom. The molecule has 12 nitrogen and oxygen atoms in total. The van der Waals surface area contributed by atoms with E-state index in [0.29, 0.717) is 13.0 Å². The number of carbonyl (C=O) groups is 1. The van der Waals surface area contributed by atoms with Crippen molar-refractivity contribution in [3.8, 4) is 0 Å². The molecule has 0 spiro atoms. The molecule has 6 atom stereocenters. The van der Waals surface area contributed by atoms with Gasteiger partial charge in [-0.3, -0.25) is 9.35 Å². The second-order valence-electron chi connectivity index (χ2n) is 12.5. The van der Waals surface area contributed by atoms with Gasteiger partial charge >= 0.3 is 16.4 Å². The number of ether oxygens (including phenoxy) is 4. The molecule has 0 aromatic carbocycles. The molecule has 1 saturated heterocycles. The minimum absolute atomic E-state index is 0.0308. The number of esters is 1. The molecule has 13 heteroatoms. The maximum atomic E-state index is 12.4. The second-order valence-corrected chi connectivity index (χ2v) is 13.5. The van der Waals surface area contributed by atoms with E-state index in [4.69, 9.17) is 23.5 Å². The SMILES string of the molecule is CCCCC/C=C\C/C=C\CCCCCCCCCCOCC(COC1OC(CO)C(O)C(OS(=O)(=O)O)C1O)OC(=O)CCCCC. The summed E-state index contributed by atoms with van der Waals surface area (Å²) < 4.78 is 58.2. The van der Waals surface area contributed by atoms with Gasteiger partial charge in [-0.05, 0) is 44.9 Å². The third-order valence-electron chi connectivity index (χ3n) is 8.08. The van der Waals surface area contributed by atoms with Crippen molar-refractivity contribution in [3.63, 3.8) is 0 Å². The van der Waals surface area contributed by atoms with Crippen LogP contribution in [0.2, 0.25) is 0 Å². The van der Waals surface area contributed by atoms with Gasteiger partial charge in [0.25, 0.3) is 0 Å². The molecule has 1 heterocycles. The molecule has 6 unspecified atom stereocenters. The zero-order valence-electron chi connectivity index (χ0n) is 29.3. The molecule has 0 aliphatic carbocycles. The summed E-state index contributed by atoms with van der Waals surface area (Å²) in [7, 11) is -5.05. The topological polar surface area (TPSA) is 178 Å². The monoisotopic (exact) mass is 708 g/mol. The van der Waals surface area contributed by atoms with Crippen molar-refractivity contribution < 1.29 is 56.2 Å². The normalized spacial score (nSPS) is 22.5. The second kappa shape index (κ2) is 28.3. The minimum atomic E-state index is -5.05. The lowest BCUT2D eigenvalue weighted by Crippen LogP contribution is -2.60. The zero-order valence-corrected chi connectivity index (χ0v) is 30.1. The van der Waals surface area contributed by atoms with E-state index in [0.717, 1.165) is 44.9 Å². The van der Waals surface area contributed by atoms with E-state index < -0.39 is 59.8 Å². The van der Waals surface area contributed by atoms with Crippen molar-refractivity contribution >= 4 is 16.4 Å². The van der Waals surface area contributed by atoms with Gasteiger partial charge in [0.2, 0.25) is 0 Å². The predicted octanol–water partition coefficient (Wildman–Crippen LogP) is 5.73. The molecule has 1 aliphatic heterocycles. The first-order valence-electron chi connectivity index (χ1n) is 18.1. The number of aliphatic hydroxyl groups is 3. The number of rotatable bonds is 30. The van der Waals surface area contributed by atoms with Crippen LogP contribution >= 0.6 is 0 Å². The Bertz CT molecular complexity index is 957. The van der Waals surface area contributed by atoms with Crippen LogP contribution in [0.25, 0.3) is 0 Å². The van der Waals surface area contributed by atoms with Crippen LogP contribution in [-0.4, -0.2) is 97.5 Å². The van der Waals surface area contributed by atoms with E-state index in [1.165, 1.54) is 57.8 Å². The number of aliphatic hydroxyl groups excluding tert-OH is 3. The Hall–Kier alpha value is -1.42. The third-order valence-corrected chi connectivity index (χ3v) is 8.54. The van der Waals surface area contributed by atoms with Crippen molar-refractivity contribution in [1.82, 2.24) is 0 Å².